The normalized spacial score (nSPS) is 20.7. The number of nitrogens with two attached hydrogens (primary N) is 1. The van der Waals surface area contributed by atoms with Crippen molar-refractivity contribution in [2.24, 2.45) is 5.73 Å². The molecule has 0 spiro atoms. The van der Waals surface area contributed by atoms with E-state index in [-0.39, 0.29) is 12.0 Å². The molecule has 0 radical (unpaired) electrons. The highest BCUT2D eigenvalue weighted by molar-refractivity contribution is 7.16. The average molecular weight is 340 g/mol. The summed E-state index contributed by atoms with van der Waals surface area (Å²) in [5, 5.41) is 3.18. The molecule has 6 heteroatoms. The van der Waals surface area contributed by atoms with Gasteiger partial charge in [-0.05, 0) is 36.1 Å². The smallest absolute Gasteiger partial charge is 0.141 e. The van der Waals surface area contributed by atoms with Gasteiger partial charge in [0.25, 0.3) is 0 Å². The number of thiophene rings is 1. The number of benzene rings is 1. The van der Waals surface area contributed by atoms with Crippen LogP contribution in [0.4, 0.5) is 5.82 Å². The zero-order valence-electron chi connectivity index (χ0n) is 13.8. The van der Waals surface area contributed by atoms with Gasteiger partial charge < -0.3 is 15.4 Å². The van der Waals surface area contributed by atoms with Gasteiger partial charge in [0.05, 0.1) is 12.5 Å². The van der Waals surface area contributed by atoms with E-state index < -0.39 is 0 Å². The van der Waals surface area contributed by atoms with Crippen molar-refractivity contribution in [3.63, 3.8) is 0 Å². The summed E-state index contributed by atoms with van der Waals surface area (Å²) >= 11 is 1.65. The van der Waals surface area contributed by atoms with Crippen LogP contribution in [0.5, 0.6) is 5.75 Å². The van der Waals surface area contributed by atoms with Gasteiger partial charge in [-0.3, -0.25) is 0 Å². The summed E-state index contributed by atoms with van der Waals surface area (Å²) in [7, 11) is 1.69. The summed E-state index contributed by atoms with van der Waals surface area (Å²) < 4.78 is 5.35. The highest BCUT2D eigenvalue weighted by atomic mass is 32.1. The quantitative estimate of drug-likeness (QED) is 0.794. The summed E-state index contributed by atoms with van der Waals surface area (Å²) in [6, 6.07) is 10.4. The first-order chi connectivity index (χ1) is 11.7. The Kier molecular flexibility index (Phi) is 3.86. The Balaban J connectivity index is 1.68. The highest BCUT2D eigenvalue weighted by Crippen LogP contribution is 2.35. The number of rotatable bonds is 3. The maximum Gasteiger partial charge on any atom is 0.141 e. The van der Waals surface area contributed by atoms with Crippen molar-refractivity contribution in [2.45, 2.75) is 18.9 Å². The SMILES string of the molecule is COc1cccc([C@H]2CN(c3nc(C)nc4sccc34)C[C@@H]2N)c1. The summed E-state index contributed by atoms with van der Waals surface area (Å²) in [6.45, 7) is 3.59. The lowest BCUT2D eigenvalue weighted by Crippen LogP contribution is -2.29. The zero-order chi connectivity index (χ0) is 16.7. The molecule has 1 aromatic carbocycles. The van der Waals surface area contributed by atoms with Crippen molar-refractivity contribution < 1.29 is 4.74 Å². The molecule has 4 rings (SSSR count). The fraction of sp³-hybridized carbons (Fsp3) is 0.333. The molecule has 1 aliphatic rings. The third-order valence-electron chi connectivity index (χ3n) is 4.60. The van der Waals surface area contributed by atoms with Gasteiger partial charge in [0.1, 0.15) is 22.2 Å². The lowest BCUT2D eigenvalue weighted by atomic mass is 9.95. The molecule has 0 bridgehead atoms. The predicted molar refractivity (Wildman–Crippen MR) is 98.1 cm³/mol. The highest BCUT2D eigenvalue weighted by Gasteiger charge is 2.33. The Bertz CT molecular complexity index is 878. The maximum atomic E-state index is 6.46. The van der Waals surface area contributed by atoms with Crippen molar-refractivity contribution in [3.8, 4) is 5.75 Å². The number of hydrogen-bond donors (Lipinski definition) is 1. The number of hydrogen-bond acceptors (Lipinski definition) is 6. The van der Waals surface area contributed by atoms with Crippen LogP contribution >= 0.6 is 11.3 Å². The van der Waals surface area contributed by atoms with Gasteiger partial charge >= 0.3 is 0 Å². The van der Waals surface area contributed by atoms with Gasteiger partial charge in [-0.1, -0.05) is 12.1 Å². The number of ether oxygens (including phenoxy) is 1. The van der Waals surface area contributed by atoms with Crippen LogP contribution in [0.1, 0.15) is 17.3 Å². The summed E-state index contributed by atoms with van der Waals surface area (Å²) in [5.41, 5.74) is 7.68. The van der Waals surface area contributed by atoms with Crippen LogP contribution in [0, 0.1) is 6.92 Å². The number of fused-ring (bicyclic) bond motifs is 1. The molecule has 24 heavy (non-hydrogen) atoms. The Morgan fingerprint density at radius 3 is 2.96 bits per heavy atom. The largest absolute Gasteiger partial charge is 0.497 e. The van der Waals surface area contributed by atoms with Crippen LogP contribution in [-0.4, -0.2) is 36.2 Å². The molecule has 2 atom stereocenters. The Morgan fingerprint density at radius 1 is 1.25 bits per heavy atom. The van der Waals surface area contributed by atoms with E-state index in [0.717, 1.165) is 40.7 Å². The molecule has 124 valence electrons. The lowest BCUT2D eigenvalue weighted by Gasteiger charge is -2.19. The third-order valence-corrected chi connectivity index (χ3v) is 5.41. The molecule has 0 amide bonds. The molecule has 3 heterocycles. The van der Waals surface area contributed by atoms with Gasteiger partial charge in [0.2, 0.25) is 0 Å². The van der Waals surface area contributed by atoms with E-state index in [1.807, 2.05) is 19.1 Å². The zero-order valence-corrected chi connectivity index (χ0v) is 14.6. The summed E-state index contributed by atoms with van der Waals surface area (Å²) in [5.74, 6) is 2.94. The minimum Gasteiger partial charge on any atom is -0.497 e. The standard InChI is InChI=1S/C18H20N4OS/c1-11-20-17(14-6-7-24-18(14)21-11)22-9-15(16(19)10-22)12-4-3-5-13(8-12)23-2/h3-8,15-16H,9-10,19H2,1-2H3/t15-,16+/m1/s1. The van der Waals surface area contributed by atoms with Crippen molar-refractivity contribution in [3.05, 3.63) is 47.1 Å². The monoisotopic (exact) mass is 340 g/mol. The van der Waals surface area contributed by atoms with E-state index in [9.17, 15) is 0 Å². The van der Waals surface area contributed by atoms with Gasteiger partial charge in [0.15, 0.2) is 0 Å². The van der Waals surface area contributed by atoms with E-state index in [2.05, 4.69) is 33.5 Å². The molecule has 3 aromatic rings. The number of methoxy groups -OCH3 is 1. The Morgan fingerprint density at radius 2 is 2.12 bits per heavy atom. The average Bonchev–Trinajstić information content (AvgIpc) is 3.20. The molecule has 1 fully saturated rings. The van der Waals surface area contributed by atoms with E-state index in [1.54, 1.807) is 18.4 Å². The second kappa shape index (κ2) is 6.03. The minimum atomic E-state index is 0.0704. The molecule has 5 nitrogen and oxygen atoms in total. The molecule has 2 N–H and O–H groups in total. The fourth-order valence-electron chi connectivity index (χ4n) is 3.41. The third kappa shape index (κ3) is 2.61. The van der Waals surface area contributed by atoms with Crippen LogP contribution < -0.4 is 15.4 Å². The number of aromatic nitrogens is 2. The van der Waals surface area contributed by atoms with Crippen molar-refractivity contribution in [1.82, 2.24) is 9.97 Å². The Labute approximate surface area is 145 Å². The van der Waals surface area contributed by atoms with E-state index >= 15 is 0 Å². The van der Waals surface area contributed by atoms with Gasteiger partial charge in [-0.2, -0.15) is 0 Å². The van der Waals surface area contributed by atoms with Gasteiger partial charge in [-0.25, -0.2) is 9.97 Å². The molecular weight excluding hydrogens is 320 g/mol. The number of anilines is 1. The van der Waals surface area contributed by atoms with Crippen molar-refractivity contribution >= 4 is 27.4 Å². The number of aryl methyl sites for hydroxylation is 1. The Hall–Kier alpha value is -2.18. The fourth-order valence-corrected chi connectivity index (χ4v) is 4.22. The van der Waals surface area contributed by atoms with E-state index in [4.69, 9.17) is 15.5 Å². The molecule has 0 aliphatic carbocycles. The first-order valence-corrected chi connectivity index (χ1v) is 8.90. The second-order valence-electron chi connectivity index (χ2n) is 6.19. The topological polar surface area (TPSA) is 64.3 Å². The van der Waals surface area contributed by atoms with Gasteiger partial charge in [-0.15, -0.1) is 11.3 Å². The van der Waals surface area contributed by atoms with Crippen LogP contribution in [0.2, 0.25) is 0 Å². The van der Waals surface area contributed by atoms with Crippen LogP contribution in [0.3, 0.4) is 0 Å². The van der Waals surface area contributed by atoms with Crippen LogP contribution in [0.25, 0.3) is 10.2 Å². The second-order valence-corrected chi connectivity index (χ2v) is 7.08. The van der Waals surface area contributed by atoms with Crippen LogP contribution in [-0.2, 0) is 0 Å². The molecule has 0 unspecified atom stereocenters. The number of nitrogens with zero attached hydrogens (tertiary/aromatic N) is 3. The molecule has 1 saturated heterocycles. The van der Waals surface area contributed by atoms with Gasteiger partial charge in [0, 0.05) is 25.0 Å². The summed E-state index contributed by atoms with van der Waals surface area (Å²) in [6.07, 6.45) is 0. The molecule has 2 aromatic heterocycles. The minimum absolute atomic E-state index is 0.0704. The van der Waals surface area contributed by atoms with E-state index in [0.29, 0.717) is 0 Å². The van der Waals surface area contributed by atoms with Crippen LogP contribution in [0.15, 0.2) is 35.7 Å². The molecule has 1 aliphatic heterocycles. The maximum absolute atomic E-state index is 6.46. The van der Waals surface area contributed by atoms with Crippen molar-refractivity contribution in [1.29, 1.82) is 0 Å². The predicted octanol–water partition coefficient (Wildman–Crippen LogP) is 2.94. The summed E-state index contributed by atoms with van der Waals surface area (Å²) in [4.78, 5) is 12.5. The first-order valence-electron chi connectivity index (χ1n) is 8.02. The first kappa shape index (κ1) is 15.4. The molecular formula is C18H20N4OS. The van der Waals surface area contributed by atoms with E-state index in [1.165, 1.54) is 5.56 Å². The lowest BCUT2D eigenvalue weighted by molar-refractivity contribution is 0.413. The van der Waals surface area contributed by atoms with Crippen molar-refractivity contribution in [2.75, 3.05) is 25.1 Å². The molecule has 0 saturated carbocycles.